The Bertz CT molecular complexity index is 727. The fourth-order valence-corrected chi connectivity index (χ4v) is 4.15. The van der Waals surface area contributed by atoms with Gasteiger partial charge in [0.25, 0.3) is 0 Å². The average Bonchev–Trinajstić information content (AvgIpc) is 3.11. The lowest BCUT2D eigenvalue weighted by molar-refractivity contribution is -0.143. The molecule has 0 aliphatic carbocycles. The molecule has 6 nitrogen and oxygen atoms in total. The molecule has 1 aromatic carbocycles. The third-order valence-electron chi connectivity index (χ3n) is 5.50. The predicted octanol–water partition coefficient (Wildman–Crippen LogP) is 2.60. The normalized spacial score (nSPS) is 23.8. The van der Waals surface area contributed by atoms with Crippen molar-refractivity contribution < 1.29 is 17.9 Å². The van der Waals surface area contributed by atoms with Gasteiger partial charge in [0, 0.05) is 45.3 Å². The number of guanidine groups is 1. The second kappa shape index (κ2) is 11.2. The number of nitrogens with zero attached hydrogens (tertiary/aromatic N) is 3. The van der Waals surface area contributed by atoms with E-state index in [-0.39, 0.29) is 12.1 Å². The van der Waals surface area contributed by atoms with Crippen LogP contribution in [0.1, 0.15) is 31.4 Å². The van der Waals surface area contributed by atoms with E-state index in [2.05, 4.69) is 51.7 Å². The van der Waals surface area contributed by atoms with Gasteiger partial charge in [-0.3, -0.25) is 9.80 Å². The molecule has 0 radical (unpaired) electrons. The third-order valence-corrected chi connectivity index (χ3v) is 5.50. The number of ether oxygens (including phenoxy) is 1. The Morgan fingerprint density at radius 2 is 2.00 bits per heavy atom. The van der Waals surface area contributed by atoms with Crippen LogP contribution in [0.15, 0.2) is 29.3 Å². The Labute approximate surface area is 182 Å². The lowest BCUT2D eigenvalue weighted by Gasteiger charge is -2.31. The van der Waals surface area contributed by atoms with Gasteiger partial charge in [-0.2, -0.15) is 13.2 Å². The van der Waals surface area contributed by atoms with Crippen molar-refractivity contribution in [3.8, 4) is 0 Å². The lowest BCUT2D eigenvalue weighted by atomic mass is 10.1. The van der Waals surface area contributed by atoms with Crippen LogP contribution in [0.5, 0.6) is 0 Å². The summed E-state index contributed by atoms with van der Waals surface area (Å²) in [6.07, 6.45) is -3.22. The Morgan fingerprint density at radius 3 is 2.74 bits per heavy atom. The summed E-state index contributed by atoms with van der Waals surface area (Å²) < 4.78 is 43.5. The number of hydrogen-bond acceptors (Lipinski definition) is 4. The molecule has 9 heteroatoms. The third kappa shape index (κ3) is 8.31. The van der Waals surface area contributed by atoms with Crippen LogP contribution in [0.3, 0.4) is 0 Å². The van der Waals surface area contributed by atoms with Crippen molar-refractivity contribution in [2.24, 2.45) is 4.99 Å². The van der Waals surface area contributed by atoms with Crippen LogP contribution in [0.4, 0.5) is 13.2 Å². The minimum Gasteiger partial charge on any atom is -0.376 e. The Kier molecular flexibility index (Phi) is 8.57. The zero-order valence-corrected chi connectivity index (χ0v) is 18.4. The van der Waals surface area contributed by atoms with Gasteiger partial charge in [-0.1, -0.05) is 24.3 Å². The molecule has 2 N–H and O–H groups in total. The highest BCUT2D eigenvalue weighted by atomic mass is 19.4. The van der Waals surface area contributed by atoms with E-state index in [9.17, 15) is 13.2 Å². The molecular weight excluding hydrogens is 407 g/mol. The van der Waals surface area contributed by atoms with E-state index in [1.807, 2.05) is 6.92 Å². The minimum atomic E-state index is -4.16. The first-order valence-electron chi connectivity index (χ1n) is 11.1. The number of nitrogens with one attached hydrogen (secondary N) is 2. The number of benzene rings is 1. The summed E-state index contributed by atoms with van der Waals surface area (Å²) in [5, 5.41) is 6.50. The van der Waals surface area contributed by atoms with Gasteiger partial charge >= 0.3 is 6.18 Å². The van der Waals surface area contributed by atoms with Crippen LogP contribution in [-0.4, -0.2) is 80.0 Å². The molecule has 2 heterocycles. The smallest absolute Gasteiger partial charge is 0.376 e. The van der Waals surface area contributed by atoms with Gasteiger partial charge in [0.15, 0.2) is 5.96 Å². The quantitative estimate of drug-likeness (QED) is 0.503. The average molecular weight is 442 g/mol. The first kappa shape index (κ1) is 23.8. The van der Waals surface area contributed by atoms with Crippen molar-refractivity contribution in [1.82, 2.24) is 20.4 Å². The highest BCUT2D eigenvalue weighted by Gasteiger charge is 2.34. The van der Waals surface area contributed by atoms with Crippen molar-refractivity contribution in [2.75, 3.05) is 45.9 Å². The Morgan fingerprint density at radius 1 is 1.19 bits per heavy atom. The molecule has 2 aliphatic rings. The molecule has 2 atom stereocenters. The van der Waals surface area contributed by atoms with Crippen LogP contribution in [0.25, 0.3) is 0 Å². The van der Waals surface area contributed by atoms with Crippen LogP contribution in [-0.2, 0) is 17.8 Å². The lowest BCUT2D eigenvalue weighted by Crippen LogP contribution is -2.45. The molecule has 2 aliphatic heterocycles. The maximum Gasteiger partial charge on any atom is 0.401 e. The molecular formula is C22H34F3N5O. The molecule has 0 spiro atoms. The number of hydrogen-bond donors (Lipinski definition) is 2. The van der Waals surface area contributed by atoms with Crippen molar-refractivity contribution in [1.29, 1.82) is 0 Å². The van der Waals surface area contributed by atoms with Crippen molar-refractivity contribution in [2.45, 2.75) is 51.7 Å². The van der Waals surface area contributed by atoms with Gasteiger partial charge in [-0.25, -0.2) is 4.99 Å². The van der Waals surface area contributed by atoms with Gasteiger partial charge in [0.05, 0.1) is 25.8 Å². The van der Waals surface area contributed by atoms with Crippen molar-refractivity contribution in [3.63, 3.8) is 0 Å². The highest BCUT2D eigenvalue weighted by molar-refractivity contribution is 5.80. The summed E-state index contributed by atoms with van der Waals surface area (Å²) in [6, 6.07) is 8.38. The number of halogens is 3. The largest absolute Gasteiger partial charge is 0.401 e. The number of alkyl halides is 3. The van der Waals surface area contributed by atoms with Gasteiger partial charge in [-0.05, 0) is 31.4 Å². The number of morpholine rings is 1. The molecule has 2 saturated heterocycles. The zero-order valence-electron chi connectivity index (χ0n) is 18.4. The summed E-state index contributed by atoms with van der Waals surface area (Å²) in [5.74, 6) is 0.647. The van der Waals surface area contributed by atoms with E-state index < -0.39 is 12.7 Å². The van der Waals surface area contributed by atoms with E-state index >= 15 is 0 Å². The van der Waals surface area contributed by atoms with Crippen LogP contribution in [0, 0.1) is 0 Å². The van der Waals surface area contributed by atoms with Crippen molar-refractivity contribution >= 4 is 5.96 Å². The minimum absolute atomic E-state index is 0.0326. The summed E-state index contributed by atoms with van der Waals surface area (Å²) in [5.41, 5.74) is 2.36. The first-order valence-corrected chi connectivity index (χ1v) is 11.1. The van der Waals surface area contributed by atoms with E-state index in [0.717, 1.165) is 31.8 Å². The number of aliphatic imine (C=N–C) groups is 1. The summed E-state index contributed by atoms with van der Waals surface area (Å²) >= 11 is 0. The molecule has 0 amide bonds. The van der Waals surface area contributed by atoms with Crippen LogP contribution >= 0.6 is 0 Å². The van der Waals surface area contributed by atoms with Crippen molar-refractivity contribution in [3.05, 3.63) is 35.4 Å². The fraction of sp³-hybridized carbons (Fsp3) is 0.682. The van der Waals surface area contributed by atoms with Gasteiger partial charge in [0.1, 0.15) is 0 Å². The van der Waals surface area contributed by atoms with E-state index in [1.54, 1.807) is 0 Å². The summed E-state index contributed by atoms with van der Waals surface area (Å²) in [4.78, 5) is 8.51. The molecule has 1 aromatic rings. The second-order valence-corrected chi connectivity index (χ2v) is 8.41. The predicted molar refractivity (Wildman–Crippen MR) is 116 cm³/mol. The molecule has 2 unspecified atom stereocenters. The topological polar surface area (TPSA) is 52.1 Å². The molecule has 31 heavy (non-hydrogen) atoms. The monoisotopic (exact) mass is 441 g/mol. The molecule has 0 bridgehead atoms. The van der Waals surface area contributed by atoms with E-state index in [0.29, 0.717) is 38.6 Å². The maximum absolute atomic E-state index is 12.6. The standard InChI is InChI=1S/C22H34F3N5O/c1-3-26-21(28-20-7-8-30(15-20)16-22(23,24)25)27-12-18-5-4-6-19(11-18)14-29-9-10-31-17(2)13-29/h4-6,11,17,20H,3,7-10,12-16H2,1-2H3,(H2,26,27,28). The molecule has 2 fully saturated rings. The second-order valence-electron chi connectivity index (χ2n) is 8.41. The summed E-state index contributed by atoms with van der Waals surface area (Å²) in [6.45, 7) is 8.78. The molecule has 0 aromatic heterocycles. The number of rotatable bonds is 7. The summed E-state index contributed by atoms with van der Waals surface area (Å²) in [7, 11) is 0. The Hall–Kier alpha value is -1.84. The van der Waals surface area contributed by atoms with E-state index in [1.165, 1.54) is 10.5 Å². The van der Waals surface area contributed by atoms with Crippen LogP contribution in [0.2, 0.25) is 0 Å². The van der Waals surface area contributed by atoms with Gasteiger partial charge in [0.2, 0.25) is 0 Å². The Balaban J connectivity index is 1.54. The SMILES string of the molecule is CCNC(=NCc1cccc(CN2CCOC(C)C2)c1)NC1CCN(CC(F)(F)F)C1. The van der Waals surface area contributed by atoms with E-state index in [4.69, 9.17) is 4.74 Å². The molecule has 0 saturated carbocycles. The zero-order chi connectivity index (χ0) is 22.3. The number of likely N-dealkylation sites (tertiary alicyclic amines) is 1. The first-order chi connectivity index (χ1) is 14.8. The van der Waals surface area contributed by atoms with Gasteiger partial charge in [-0.15, -0.1) is 0 Å². The van der Waals surface area contributed by atoms with Gasteiger partial charge < -0.3 is 15.4 Å². The highest BCUT2D eigenvalue weighted by Crippen LogP contribution is 2.20. The molecule has 174 valence electrons. The maximum atomic E-state index is 12.6. The van der Waals surface area contributed by atoms with Crippen LogP contribution < -0.4 is 10.6 Å². The molecule has 3 rings (SSSR count). The fourth-order valence-electron chi connectivity index (χ4n) is 4.15.